The van der Waals surface area contributed by atoms with Crippen molar-refractivity contribution in [2.45, 2.75) is 4.90 Å². The Morgan fingerprint density at radius 3 is 2.82 bits per heavy atom. The van der Waals surface area contributed by atoms with E-state index in [0.29, 0.717) is 0 Å². The second-order valence-electron chi connectivity index (χ2n) is 4.23. The standard InChI is InChI=1S/C13H10N4O4S/c18-13(12-3-1-2-5-14-12)16-10-7-15-17(8-10)22(19,20)11-4-6-21-9-11/h1-9H,(H,16,18). The maximum Gasteiger partial charge on any atom is 0.286 e. The van der Waals surface area contributed by atoms with Crippen molar-refractivity contribution in [3.05, 3.63) is 61.1 Å². The van der Waals surface area contributed by atoms with Crippen molar-refractivity contribution in [1.29, 1.82) is 0 Å². The van der Waals surface area contributed by atoms with Gasteiger partial charge in [-0.25, -0.2) is 0 Å². The van der Waals surface area contributed by atoms with E-state index in [1.54, 1.807) is 18.2 Å². The van der Waals surface area contributed by atoms with Crippen LogP contribution in [0.15, 0.2) is 64.7 Å². The molecule has 3 aromatic heterocycles. The smallest absolute Gasteiger partial charge is 0.286 e. The van der Waals surface area contributed by atoms with Crippen molar-refractivity contribution in [1.82, 2.24) is 14.2 Å². The van der Waals surface area contributed by atoms with Crippen molar-refractivity contribution in [2.75, 3.05) is 5.32 Å². The summed E-state index contributed by atoms with van der Waals surface area (Å²) < 4.78 is 29.9. The molecule has 22 heavy (non-hydrogen) atoms. The zero-order valence-corrected chi connectivity index (χ0v) is 11.9. The number of anilines is 1. The molecule has 3 rings (SSSR count). The molecular formula is C13H10N4O4S. The summed E-state index contributed by atoms with van der Waals surface area (Å²) in [5, 5.41) is 6.27. The molecule has 3 aromatic rings. The summed E-state index contributed by atoms with van der Waals surface area (Å²) >= 11 is 0. The van der Waals surface area contributed by atoms with Gasteiger partial charge in [-0.15, -0.1) is 0 Å². The summed E-state index contributed by atoms with van der Waals surface area (Å²) in [6.07, 6.45) is 6.27. The molecule has 0 aliphatic rings. The average Bonchev–Trinajstić information content (AvgIpc) is 3.20. The highest BCUT2D eigenvalue weighted by molar-refractivity contribution is 7.89. The van der Waals surface area contributed by atoms with Crippen LogP contribution in [-0.2, 0) is 10.0 Å². The highest BCUT2D eigenvalue weighted by atomic mass is 32.2. The molecule has 112 valence electrons. The molecule has 0 atom stereocenters. The number of hydrogen-bond donors (Lipinski definition) is 1. The third-order valence-corrected chi connectivity index (χ3v) is 4.27. The molecule has 1 N–H and O–H groups in total. The molecule has 0 fully saturated rings. The van der Waals surface area contributed by atoms with E-state index in [1.807, 2.05) is 0 Å². The Morgan fingerprint density at radius 2 is 2.14 bits per heavy atom. The van der Waals surface area contributed by atoms with Gasteiger partial charge in [-0.05, 0) is 18.2 Å². The summed E-state index contributed by atoms with van der Waals surface area (Å²) in [5.74, 6) is -0.458. The predicted octanol–water partition coefficient (Wildman–Crippen LogP) is 1.36. The monoisotopic (exact) mass is 318 g/mol. The van der Waals surface area contributed by atoms with Gasteiger partial charge in [0, 0.05) is 6.20 Å². The minimum atomic E-state index is -3.83. The second-order valence-corrected chi connectivity index (χ2v) is 6.03. The number of carbonyl (C=O) groups excluding carboxylic acids is 1. The molecule has 0 saturated carbocycles. The van der Waals surface area contributed by atoms with Crippen LogP contribution in [0.25, 0.3) is 0 Å². The minimum absolute atomic E-state index is 0.0294. The zero-order valence-electron chi connectivity index (χ0n) is 11.1. The number of hydrogen-bond acceptors (Lipinski definition) is 6. The number of carbonyl (C=O) groups is 1. The lowest BCUT2D eigenvalue weighted by atomic mass is 10.3. The number of amides is 1. The lowest BCUT2D eigenvalue weighted by Gasteiger charge is -2.01. The van der Waals surface area contributed by atoms with Gasteiger partial charge in [-0.1, -0.05) is 6.07 Å². The van der Waals surface area contributed by atoms with E-state index in [-0.39, 0.29) is 16.3 Å². The number of rotatable bonds is 4. The summed E-state index contributed by atoms with van der Waals surface area (Å²) in [6, 6.07) is 6.21. The first-order chi connectivity index (χ1) is 10.6. The number of furan rings is 1. The van der Waals surface area contributed by atoms with Crippen molar-refractivity contribution in [3.8, 4) is 0 Å². The molecule has 0 aromatic carbocycles. The van der Waals surface area contributed by atoms with Gasteiger partial charge < -0.3 is 9.73 Å². The fraction of sp³-hybridized carbons (Fsp3) is 0. The molecule has 0 spiro atoms. The Kier molecular flexibility index (Phi) is 3.47. The van der Waals surface area contributed by atoms with Crippen molar-refractivity contribution in [2.24, 2.45) is 0 Å². The van der Waals surface area contributed by atoms with Crippen LogP contribution in [0.1, 0.15) is 10.5 Å². The van der Waals surface area contributed by atoms with E-state index in [1.165, 1.54) is 30.9 Å². The van der Waals surface area contributed by atoms with Crippen molar-refractivity contribution < 1.29 is 17.6 Å². The number of pyridine rings is 1. The van der Waals surface area contributed by atoms with E-state index in [2.05, 4.69) is 15.4 Å². The van der Waals surface area contributed by atoms with Gasteiger partial charge in [0.2, 0.25) is 0 Å². The third-order valence-electron chi connectivity index (χ3n) is 2.75. The van der Waals surface area contributed by atoms with Crippen molar-refractivity contribution >= 4 is 21.6 Å². The molecule has 0 aliphatic heterocycles. The maximum atomic E-state index is 12.2. The van der Waals surface area contributed by atoms with Crippen LogP contribution in [-0.4, -0.2) is 28.5 Å². The number of nitrogens with zero attached hydrogens (tertiary/aromatic N) is 3. The molecule has 8 nitrogen and oxygen atoms in total. The highest BCUT2D eigenvalue weighted by Gasteiger charge is 2.20. The lowest BCUT2D eigenvalue weighted by molar-refractivity contribution is 0.102. The lowest BCUT2D eigenvalue weighted by Crippen LogP contribution is -2.14. The van der Waals surface area contributed by atoms with Gasteiger partial charge in [0.25, 0.3) is 15.9 Å². The zero-order chi connectivity index (χ0) is 15.6. The molecule has 0 bridgehead atoms. The first-order valence-corrected chi connectivity index (χ1v) is 7.56. The summed E-state index contributed by atoms with van der Waals surface area (Å²) in [4.78, 5) is 15.8. The number of nitrogens with one attached hydrogen (secondary N) is 1. The molecule has 1 amide bonds. The Labute approximate surface area is 125 Å². The summed E-state index contributed by atoms with van der Waals surface area (Å²) in [7, 11) is -3.83. The van der Waals surface area contributed by atoms with E-state index in [9.17, 15) is 13.2 Å². The van der Waals surface area contributed by atoms with Crippen LogP contribution >= 0.6 is 0 Å². The molecule has 0 aliphatic carbocycles. The van der Waals surface area contributed by atoms with Crippen LogP contribution in [0.2, 0.25) is 0 Å². The Morgan fingerprint density at radius 1 is 1.27 bits per heavy atom. The third kappa shape index (κ3) is 2.61. The quantitative estimate of drug-likeness (QED) is 0.778. The predicted molar refractivity (Wildman–Crippen MR) is 75.7 cm³/mol. The van der Waals surface area contributed by atoms with Gasteiger partial charge in [0.1, 0.15) is 16.9 Å². The van der Waals surface area contributed by atoms with Crippen LogP contribution in [0.5, 0.6) is 0 Å². The van der Waals surface area contributed by atoms with Crippen LogP contribution < -0.4 is 5.32 Å². The van der Waals surface area contributed by atoms with Gasteiger partial charge in [0.15, 0.2) is 0 Å². The minimum Gasteiger partial charge on any atom is -0.471 e. The normalized spacial score (nSPS) is 11.3. The summed E-state index contributed by atoms with van der Waals surface area (Å²) in [6.45, 7) is 0. The average molecular weight is 318 g/mol. The van der Waals surface area contributed by atoms with Crippen LogP contribution in [0.4, 0.5) is 5.69 Å². The number of aromatic nitrogens is 3. The molecule has 3 heterocycles. The SMILES string of the molecule is O=C(Nc1cnn(S(=O)(=O)c2ccoc2)c1)c1ccccn1. The summed E-state index contributed by atoms with van der Waals surface area (Å²) in [5.41, 5.74) is 0.454. The first kappa shape index (κ1) is 14.0. The topological polar surface area (TPSA) is 107 Å². The van der Waals surface area contributed by atoms with Gasteiger partial charge in [-0.3, -0.25) is 9.78 Å². The van der Waals surface area contributed by atoms with Crippen LogP contribution in [0.3, 0.4) is 0 Å². The second kappa shape index (κ2) is 5.45. The molecular weight excluding hydrogens is 308 g/mol. The molecule has 0 radical (unpaired) electrons. The highest BCUT2D eigenvalue weighted by Crippen LogP contribution is 2.16. The van der Waals surface area contributed by atoms with Crippen molar-refractivity contribution in [3.63, 3.8) is 0 Å². The Hall–Kier alpha value is -2.94. The molecule has 0 unspecified atom stereocenters. The van der Waals surface area contributed by atoms with E-state index in [0.717, 1.165) is 10.4 Å². The fourth-order valence-electron chi connectivity index (χ4n) is 1.70. The van der Waals surface area contributed by atoms with E-state index < -0.39 is 15.9 Å². The Bertz CT molecular complexity index is 885. The molecule has 0 saturated heterocycles. The van der Waals surface area contributed by atoms with Gasteiger partial charge in [0.05, 0.1) is 24.3 Å². The first-order valence-electron chi connectivity index (χ1n) is 6.12. The van der Waals surface area contributed by atoms with Gasteiger partial charge in [-0.2, -0.15) is 17.6 Å². The maximum absolute atomic E-state index is 12.2. The largest absolute Gasteiger partial charge is 0.471 e. The van der Waals surface area contributed by atoms with Crippen LogP contribution in [0, 0.1) is 0 Å². The van der Waals surface area contributed by atoms with E-state index >= 15 is 0 Å². The molecule has 9 heteroatoms. The fourth-order valence-corrected chi connectivity index (χ4v) is 2.74. The van der Waals surface area contributed by atoms with Gasteiger partial charge >= 0.3 is 0 Å². The Balaban J connectivity index is 1.82. The van der Waals surface area contributed by atoms with E-state index in [4.69, 9.17) is 4.42 Å².